The first-order chi connectivity index (χ1) is 15.1. The number of aromatic nitrogens is 3. The van der Waals surface area contributed by atoms with Gasteiger partial charge in [-0.05, 0) is 23.6 Å². The maximum atomic E-state index is 13.0. The van der Waals surface area contributed by atoms with Gasteiger partial charge in [-0.3, -0.25) is 9.36 Å². The Bertz CT molecular complexity index is 1030. The van der Waals surface area contributed by atoms with Crippen molar-refractivity contribution in [2.75, 3.05) is 31.3 Å². The minimum absolute atomic E-state index is 0.121. The van der Waals surface area contributed by atoms with Gasteiger partial charge in [0.25, 0.3) is 0 Å². The van der Waals surface area contributed by atoms with E-state index in [0.717, 1.165) is 36.1 Å². The molecule has 3 aromatic rings. The third-order valence-electron chi connectivity index (χ3n) is 5.86. The minimum Gasteiger partial charge on any atom is -0.331 e. The lowest BCUT2D eigenvalue weighted by molar-refractivity contribution is -0.893. The number of nitrogens with zero attached hydrogens (tertiary/aromatic N) is 4. The Kier molecular flexibility index (Phi) is 6.73. The predicted molar refractivity (Wildman–Crippen MR) is 125 cm³/mol. The van der Waals surface area contributed by atoms with Crippen molar-refractivity contribution in [2.24, 2.45) is 0 Å². The number of quaternary nitrogens is 1. The Morgan fingerprint density at radius 1 is 1.10 bits per heavy atom. The van der Waals surface area contributed by atoms with Gasteiger partial charge < -0.3 is 9.80 Å². The molecule has 0 fully saturated rings. The fraction of sp³-hybridized carbons (Fsp3) is 0.375. The molecule has 0 unspecified atom stereocenters. The molecule has 7 heteroatoms. The fourth-order valence-electron chi connectivity index (χ4n) is 4.23. The highest BCUT2D eigenvalue weighted by Crippen LogP contribution is 2.29. The van der Waals surface area contributed by atoms with Gasteiger partial charge >= 0.3 is 0 Å². The standard InChI is InChI=1S/C24H29N5OS/c1-4-20(27(2)3)23-25-26-24(29(23)16-18-10-6-5-7-11-18)31-17-22(30)28-15-14-19-12-8-9-13-21(19)28/h5-13,20H,4,14-17H2,1-3H3/p+1/t20-/m1/s1. The molecule has 1 amide bonds. The van der Waals surface area contributed by atoms with Crippen molar-refractivity contribution in [3.05, 3.63) is 71.5 Å². The van der Waals surface area contributed by atoms with E-state index in [2.05, 4.69) is 66.1 Å². The molecular formula is C24H30N5OS+. The van der Waals surface area contributed by atoms with Crippen molar-refractivity contribution in [3.8, 4) is 0 Å². The molecule has 0 saturated carbocycles. The third kappa shape index (κ3) is 4.67. The fourth-order valence-corrected chi connectivity index (χ4v) is 5.05. The Balaban J connectivity index is 1.55. The number of hydrogen-bond donors (Lipinski definition) is 1. The van der Waals surface area contributed by atoms with Crippen LogP contribution in [0.2, 0.25) is 0 Å². The average molecular weight is 437 g/mol. The van der Waals surface area contributed by atoms with Gasteiger partial charge in [0.05, 0.1) is 26.4 Å². The molecule has 2 heterocycles. The van der Waals surface area contributed by atoms with E-state index in [-0.39, 0.29) is 11.9 Å². The highest BCUT2D eigenvalue weighted by Gasteiger charge is 2.27. The Morgan fingerprint density at radius 2 is 1.84 bits per heavy atom. The van der Waals surface area contributed by atoms with Gasteiger partial charge in [-0.15, -0.1) is 10.2 Å². The van der Waals surface area contributed by atoms with Gasteiger partial charge in [0.1, 0.15) is 6.04 Å². The molecule has 162 valence electrons. The molecule has 1 atom stereocenters. The van der Waals surface area contributed by atoms with Crippen molar-refractivity contribution in [1.82, 2.24) is 14.8 Å². The highest BCUT2D eigenvalue weighted by molar-refractivity contribution is 7.99. The predicted octanol–water partition coefficient (Wildman–Crippen LogP) is 2.60. The van der Waals surface area contributed by atoms with Crippen LogP contribution >= 0.6 is 11.8 Å². The smallest absolute Gasteiger partial charge is 0.237 e. The SMILES string of the molecule is CC[C@H](c1nnc(SCC(=O)N2CCc3ccccc32)n1Cc1ccccc1)[NH+](C)C. The lowest BCUT2D eigenvalue weighted by Gasteiger charge is -2.21. The van der Waals surface area contributed by atoms with Crippen LogP contribution in [0.15, 0.2) is 59.8 Å². The minimum atomic E-state index is 0.121. The normalized spacial score (nSPS) is 14.1. The summed E-state index contributed by atoms with van der Waals surface area (Å²) in [7, 11) is 4.30. The number of hydrogen-bond acceptors (Lipinski definition) is 4. The molecule has 0 radical (unpaired) electrons. The summed E-state index contributed by atoms with van der Waals surface area (Å²) in [6, 6.07) is 18.8. The maximum Gasteiger partial charge on any atom is 0.237 e. The van der Waals surface area contributed by atoms with Crippen molar-refractivity contribution >= 4 is 23.4 Å². The van der Waals surface area contributed by atoms with E-state index in [1.165, 1.54) is 27.8 Å². The Hall–Kier alpha value is -2.64. The third-order valence-corrected chi connectivity index (χ3v) is 6.81. The molecule has 1 aromatic heterocycles. The number of rotatable bonds is 8. The monoisotopic (exact) mass is 436 g/mol. The highest BCUT2D eigenvalue weighted by atomic mass is 32.2. The molecule has 31 heavy (non-hydrogen) atoms. The number of carbonyl (C=O) groups excluding carboxylic acids is 1. The summed E-state index contributed by atoms with van der Waals surface area (Å²) in [6.07, 6.45) is 1.90. The van der Waals surface area contributed by atoms with Crippen LogP contribution < -0.4 is 9.80 Å². The van der Waals surface area contributed by atoms with Gasteiger partial charge in [-0.25, -0.2) is 0 Å². The summed E-state index contributed by atoms with van der Waals surface area (Å²) >= 11 is 1.49. The van der Waals surface area contributed by atoms with Crippen LogP contribution in [-0.2, 0) is 17.8 Å². The number of anilines is 1. The van der Waals surface area contributed by atoms with Crippen LogP contribution in [0.3, 0.4) is 0 Å². The van der Waals surface area contributed by atoms with Gasteiger partial charge in [-0.1, -0.05) is 67.2 Å². The summed E-state index contributed by atoms with van der Waals surface area (Å²) in [6.45, 7) is 3.64. The first-order valence-electron chi connectivity index (χ1n) is 10.9. The van der Waals surface area contributed by atoms with Crippen molar-refractivity contribution < 1.29 is 9.69 Å². The zero-order chi connectivity index (χ0) is 21.8. The molecule has 4 rings (SSSR count). The molecule has 1 aliphatic rings. The largest absolute Gasteiger partial charge is 0.331 e. The molecule has 1 aliphatic heterocycles. The first kappa shape index (κ1) is 21.6. The number of thioether (sulfide) groups is 1. The first-order valence-corrected chi connectivity index (χ1v) is 11.8. The summed E-state index contributed by atoms with van der Waals surface area (Å²) in [5, 5.41) is 9.87. The maximum absolute atomic E-state index is 13.0. The van der Waals surface area contributed by atoms with Crippen LogP contribution in [0, 0.1) is 0 Å². The average Bonchev–Trinajstić information content (AvgIpc) is 3.38. The molecule has 2 aromatic carbocycles. The van der Waals surface area contributed by atoms with Crippen LogP contribution in [0.4, 0.5) is 5.69 Å². The van der Waals surface area contributed by atoms with Gasteiger partial charge in [0.15, 0.2) is 11.0 Å². The summed E-state index contributed by atoms with van der Waals surface area (Å²) in [5.41, 5.74) is 3.49. The van der Waals surface area contributed by atoms with Crippen molar-refractivity contribution in [2.45, 2.75) is 37.5 Å². The Labute approximate surface area is 188 Å². The molecule has 0 spiro atoms. The summed E-state index contributed by atoms with van der Waals surface area (Å²) < 4.78 is 2.19. The van der Waals surface area contributed by atoms with E-state index in [1.54, 1.807) is 0 Å². The van der Waals surface area contributed by atoms with E-state index >= 15 is 0 Å². The summed E-state index contributed by atoms with van der Waals surface area (Å²) in [5.74, 6) is 1.45. The second-order valence-corrected chi connectivity index (χ2v) is 9.11. The van der Waals surface area contributed by atoms with E-state index in [9.17, 15) is 4.79 Å². The number of carbonyl (C=O) groups is 1. The molecule has 0 bridgehead atoms. The van der Waals surface area contributed by atoms with E-state index in [1.807, 2.05) is 29.2 Å². The lowest BCUT2D eigenvalue weighted by Crippen LogP contribution is -3.06. The zero-order valence-corrected chi connectivity index (χ0v) is 19.2. The molecule has 1 N–H and O–H groups in total. The Morgan fingerprint density at radius 3 is 2.58 bits per heavy atom. The van der Waals surface area contributed by atoms with E-state index in [4.69, 9.17) is 0 Å². The van der Waals surface area contributed by atoms with Gasteiger partial charge in [0, 0.05) is 18.7 Å². The summed E-state index contributed by atoms with van der Waals surface area (Å²) in [4.78, 5) is 16.2. The molecule has 6 nitrogen and oxygen atoms in total. The van der Waals surface area contributed by atoms with Crippen LogP contribution in [0.1, 0.15) is 36.3 Å². The number of amides is 1. The van der Waals surface area contributed by atoms with Crippen molar-refractivity contribution in [1.29, 1.82) is 0 Å². The molecular weight excluding hydrogens is 406 g/mol. The topological polar surface area (TPSA) is 55.5 Å². The van der Waals surface area contributed by atoms with Crippen LogP contribution in [-0.4, -0.2) is 47.1 Å². The molecule has 0 saturated heterocycles. The second-order valence-electron chi connectivity index (χ2n) is 8.16. The van der Waals surface area contributed by atoms with E-state index in [0.29, 0.717) is 12.3 Å². The van der Waals surface area contributed by atoms with Crippen LogP contribution in [0.5, 0.6) is 0 Å². The number of fused-ring (bicyclic) bond motifs is 1. The number of para-hydroxylation sites is 1. The van der Waals surface area contributed by atoms with Crippen molar-refractivity contribution in [3.63, 3.8) is 0 Å². The zero-order valence-electron chi connectivity index (χ0n) is 18.4. The number of nitrogens with one attached hydrogen (secondary N) is 1. The lowest BCUT2D eigenvalue weighted by atomic mass is 10.2. The van der Waals surface area contributed by atoms with Gasteiger partial charge in [-0.2, -0.15) is 0 Å². The molecule has 0 aliphatic carbocycles. The second kappa shape index (κ2) is 9.66. The van der Waals surface area contributed by atoms with Gasteiger partial charge in [0.2, 0.25) is 5.91 Å². The quantitative estimate of drug-likeness (QED) is 0.552. The van der Waals surface area contributed by atoms with Crippen LogP contribution in [0.25, 0.3) is 0 Å². The number of benzene rings is 2. The van der Waals surface area contributed by atoms with E-state index < -0.39 is 0 Å².